The molecule has 144 valence electrons. The number of hydrogen-bond acceptors (Lipinski definition) is 7. The molecule has 26 heavy (non-hydrogen) atoms. The zero-order chi connectivity index (χ0) is 18.7. The Morgan fingerprint density at radius 3 is 2.81 bits per heavy atom. The first-order valence-electron chi connectivity index (χ1n) is 9.50. The van der Waals surface area contributed by atoms with Crippen LogP contribution in [0.15, 0.2) is 5.16 Å². The van der Waals surface area contributed by atoms with Crippen molar-refractivity contribution in [3.8, 4) is 0 Å². The van der Waals surface area contributed by atoms with Gasteiger partial charge in [0, 0.05) is 17.1 Å². The van der Waals surface area contributed by atoms with Crippen LogP contribution in [0.1, 0.15) is 57.4 Å². The van der Waals surface area contributed by atoms with Crippen LogP contribution in [0.2, 0.25) is 0 Å². The largest absolute Gasteiger partial charge is 0.394 e. The molecule has 0 unspecified atom stereocenters. The van der Waals surface area contributed by atoms with Crippen molar-refractivity contribution in [2.45, 2.75) is 76.8 Å². The Morgan fingerprint density at radius 1 is 1.35 bits per heavy atom. The topological polar surface area (TPSA) is 67.3 Å². The number of aromatic nitrogens is 2. The predicted molar refractivity (Wildman–Crippen MR) is 110 cm³/mol. The Hall–Kier alpha value is -0.890. The number of hydrogen-bond donors (Lipinski definition) is 2. The summed E-state index contributed by atoms with van der Waals surface area (Å²) in [5, 5.41) is 15.1. The molecule has 0 amide bonds. The summed E-state index contributed by atoms with van der Waals surface area (Å²) in [6, 6.07) is 0.00470. The molecule has 2 aromatic heterocycles. The van der Waals surface area contributed by atoms with Crippen molar-refractivity contribution in [1.82, 2.24) is 9.97 Å². The molecule has 7 heteroatoms. The highest BCUT2D eigenvalue weighted by atomic mass is 32.2. The molecule has 0 fully saturated rings. The Balaban J connectivity index is 2.09. The fourth-order valence-electron chi connectivity index (χ4n) is 3.11. The monoisotopic (exact) mass is 395 g/mol. The highest BCUT2D eigenvalue weighted by Gasteiger charge is 2.33. The Kier molecular flexibility index (Phi) is 6.43. The van der Waals surface area contributed by atoms with E-state index in [1.54, 1.807) is 23.1 Å². The molecule has 5 nitrogen and oxygen atoms in total. The Bertz CT molecular complexity index is 761. The maximum atomic E-state index is 9.65. The van der Waals surface area contributed by atoms with Crippen LogP contribution in [-0.2, 0) is 17.8 Å². The summed E-state index contributed by atoms with van der Waals surface area (Å²) >= 11 is 3.42. The van der Waals surface area contributed by atoms with Gasteiger partial charge in [0.15, 0.2) is 5.16 Å². The van der Waals surface area contributed by atoms with Crippen molar-refractivity contribution in [2.75, 3.05) is 17.7 Å². The van der Waals surface area contributed by atoms with E-state index < -0.39 is 0 Å². The van der Waals surface area contributed by atoms with E-state index >= 15 is 0 Å². The summed E-state index contributed by atoms with van der Waals surface area (Å²) in [5.74, 6) is 1.87. The molecule has 2 N–H and O–H groups in total. The van der Waals surface area contributed by atoms with Gasteiger partial charge in [-0.05, 0) is 31.7 Å². The number of aliphatic hydroxyl groups excluding tert-OH is 1. The van der Waals surface area contributed by atoms with Gasteiger partial charge in [0.05, 0.1) is 30.2 Å². The Labute approximate surface area is 164 Å². The van der Waals surface area contributed by atoms with Gasteiger partial charge in [0.1, 0.15) is 10.6 Å². The number of fused-ring (bicyclic) bond motifs is 3. The summed E-state index contributed by atoms with van der Waals surface area (Å²) < 4.78 is 6.13. The molecular weight excluding hydrogens is 366 g/mol. The van der Waals surface area contributed by atoms with Gasteiger partial charge < -0.3 is 15.2 Å². The number of aliphatic hydroxyl groups is 1. The molecule has 2 atom stereocenters. The molecular formula is C19H29N3O2S2. The molecule has 3 rings (SSSR count). The van der Waals surface area contributed by atoms with Crippen molar-refractivity contribution in [2.24, 2.45) is 0 Å². The van der Waals surface area contributed by atoms with Crippen LogP contribution in [0.25, 0.3) is 10.2 Å². The second-order valence-corrected chi connectivity index (χ2v) is 9.23. The quantitative estimate of drug-likeness (QED) is 0.502. The van der Waals surface area contributed by atoms with E-state index in [0.29, 0.717) is 6.61 Å². The molecule has 0 bridgehead atoms. The van der Waals surface area contributed by atoms with Crippen molar-refractivity contribution in [3.63, 3.8) is 0 Å². The molecule has 1 aliphatic heterocycles. The first-order valence-corrected chi connectivity index (χ1v) is 11.3. The van der Waals surface area contributed by atoms with E-state index in [2.05, 4.69) is 33.0 Å². The third kappa shape index (κ3) is 4.01. The summed E-state index contributed by atoms with van der Waals surface area (Å²) in [5.41, 5.74) is 1.19. The van der Waals surface area contributed by atoms with Crippen molar-refractivity contribution < 1.29 is 9.84 Å². The second kappa shape index (κ2) is 8.42. The lowest BCUT2D eigenvalue weighted by molar-refractivity contribution is -0.0542. The molecule has 0 spiro atoms. The maximum absolute atomic E-state index is 9.65. The molecule has 0 saturated carbocycles. The average molecular weight is 396 g/mol. The molecule has 0 radical (unpaired) electrons. The van der Waals surface area contributed by atoms with Gasteiger partial charge in [-0.1, -0.05) is 32.5 Å². The normalized spacial score (nSPS) is 21.0. The van der Waals surface area contributed by atoms with Crippen LogP contribution in [0.5, 0.6) is 0 Å². The van der Waals surface area contributed by atoms with Gasteiger partial charge in [-0.3, -0.25) is 0 Å². The molecule has 1 aliphatic rings. The van der Waals surface area contributed by atoms with Gasteiger partial charge in [0.2, 0.25) is 0 Å². The minimum absolute atomic E-state index is 0.00470. The standard InChI is InChI=1S/C19H29N3O2S2/c1-5-8-25-18-21-16(20-12(6-2)10-23)15-13-9-19(4,7-3)24-11-14(13)26-17(15)22-18/h12,23H,5-11H2,1-4H3,(H,20,21,22)/t12-,19+/m0/s1. The van der Waals surface area contributed by atoms with Gasteiger partial charge in [-0.25, -0.2) is 9.97 Å². The summed E-state index contributed by atoms with van der Waals surface area (Å²) in [6.45, 7) is 9.34. The van der Waals surface area contributed by atoms with E-state index in [9.17, 15) is 5.11 Å². The van der Waals surface area contributed by atoms with Crippen molar-refractivity contribution >= 4 is 39.1 Å². The third-order valence-electron chi connectivity index (χ3n) is 5.05. The summed E-state index contributed by atoms with van der Waals surface area (Å²) in [6.07, 6.45) is 3.80. The second-order valence-electron chi connectivity index (χ2n) is 7.09. The molecule has 3 heterocycles. The third-order valence-corrected chi connectivity index (χ3v) is 7.21. The van der Waals surface area contributed by atoms with Crippen LogP contribution in [0.3, 0.4) is 0 Å². The predicted octanol–water partition coefficient (Wildman–Crippen LogP) is 4.62. The highest BCUT2D eigenvalue weighted by molar-refractivity contribution is 7.99. The fourth-order valence-corrected chi connectivity index (χ4v) is 4.97. The molecule has 2 aromatic rings. The number of nitrogens with zero attached hydrogens (tertiary/aromatic N) is 2. The molecule has 0 saturated heterocycles. The SMILES string of the molecule is CCCSc1nc(N[C@@H](CC)CO)c2c3c(sc2n1)CO[C@](C)(CC)C3. The van der Waals surface area contributed by atoms with Crippen molar-refractivity contribution in [3.05, 3.63) is 10.4 Å². The van der Waals surface area contributed by atoms with Crippen LogP contribution >= 0.6 is 23.1 Å². The van der Waals surface area contributed by atoms with Crippen molar-refractivity contribution in [1.29, 1.82) is 0 Å². The van der Waals surface area contributed by atoms with E-state index in [-0.39, 0.29) is 18.2 Å². The maximum Gasteiger partial charge on any atom is 0.190 e. The number of thiophene rings is 1. The minimum Gasteiger partial charge on any atom is -0.394 e. The number of nitrogens with one attached hydrogen (secondary N) is 1. The van der Waals surface area contributed by atoms with Crippen LogP contribution in [0, 0.1) is 0 Å². The number of thioether (sulfide) groups is 1. The van der Waals surface area contributed by atoms with Crippen LogP contribution in [-0.4, -0.2) is 39.1 Å². The lowest BCUT2D eigenvalue weighted by Crippen LogP contribution is -2.34. The zero-order valence-corrected chi connectivity index (χ0v) is 17.7. The molecule has 0 aromatic carbocycles. The van der Waals surface area contributed by atoms with Gasteiger partial charge >= 0.3 is 0 Å². The lowest BCUT2D eigenvalue weighted by atomic mass is 9.90. The van der Waals surface area contributed by atoms with Gasteiger partial charge in [-0.2, -0.15) is 0 Å². The summed E-state index contributed by atoms with van der Waals surface area (Å²) in [4.78, 5) is 11.9. The van der Waals surface area contributed by atoms with E-state index in [1.807, 2.05) is 0 Å². The van der Waals surface area contributed by atoms with E-state index in [4.69, 9.17) is 14.7 Å². The Morgan fingerprint density at radius 2 is 2.15 bits per heavy atom. The lowest BCUT2D eigenvalue weighted by Gasteiger charge is -2.33. The molecule has 0 aliphatic carbocycles. The first kappa shape index (κ1) is 19.9. The minimum atomic E-state index is -0.130. The summed E-state index contributed by atoms with van der Waals surface area (Å²) in [7, 11) is 0. The number of anilines is 1. The smallest absolute Gasteiger partial charge is 0.190 e. The highest BCUT2D eigenvalue weighted by Crippen LogP contribution is 2.42. The number of ether oxygens (including phenoxy) is 1. The fraction of sp³-hybridized carbons (Fsp3) is 0.684. The van der Waals surface area contributed by atoms with E-state index in [0.717, 1.165) is 52.6 Å². The first-order chi connectivity index (χ1) is 12.5. The van der Waals surface area contributed by atoms with Gasteiger partial charge in [-0.15, -0.1) is 11.3 Å². The van der Waals surface area contributed by atoms with Crippen LogP contribution < -0.4 is 5.32 Å². The average Bonchev–Trinajstić information content (AvgIpc) is 3.01. The zero-order valence-electron chi connectivity index (χ0n) is 16.1. The number of rotatable bonds is 8. The van der Waals surface area contributed by atoms with Crippen LogP contribution in [0.4, 0.5) is 5.82 Å². The van der Waals surface area contributed by atoms with E-state index in [1.165, 1.54) is 10.4 Å². The van der Waals surface area contributed by atoms with Gasteiger partial charge in [0.25, 0.3) is 0 Å².